The minimum Gasteiger partial charge on any atom is -0.494 e. The number of sulfonamides is 1. The molecule has 0 fully saturated rings. The molecular formula is C24H25N3O4S. The number of anilines is 3. The molecule has 0 saturated heterocycles. The first kappa shape index (κ1) is 21.7. The number of fused-ring (bicyclic) bond motifs is 1. The van der Waals surface area contributed by atoms with Crippen LogP contribution in [-0.4, -0.2) is 34.2 Å². The summed E-state index contributed by atoms with van der Waals surface area (Å²) in [5.74, 6) is 0.0559. The molecule has 0 bridgehead atoms. The van der Waals surface area contributed by atoms with Crippen LogP contribution in [0.2, 0.25) is 0 Å². The largest absolute Gasteiger partial charge is 0.494 e. The van der Waals surface area contributed by atoms with Gasteiger partial charge in [0.1, 0.15) is 5.75 Å². The van der Waals surface area contributed by atoms with Gasteiger partial charge in [-0.25, -0.2) is 8.42 Å². The first-order chi connectivity index (χ1) is 15.3. The Kier molecular flexibility index (Phi) is 6.05. The Labute approximate surface area is 188 Å². The van der Waals surface area contributed by atoms with Crippen molar-refractivity contribution in [2.24, 2.45) is 0 Å². The van der Waals surface area contributed by atoms with Gasteiger partial charge in [-0.05, 0) is 53.9 Å². The molecule has 0 atom stereocenters. The van der Waals surface area contributed by atoms with Gasteiger partial charge >= 0.3 is 0 Å². The predicted octanol–water partition coefficient (Wildman–Crippen LogP) is 3.88. The quantitative estimate of drug-likeness (QED) is 0.594. The highest BCUT2D eigenvalue weighted by molar-refractivity contribution is 7.92. The van der Waals surface area contributed by atoms with Gasteiger partial charge in [-0.1, -0.05) is 24.3 Å². The van der Waals surface area contributed by atoms with E-state index in [-0.39, 0.29) is 5.91 Å². The number of amides is 1. The SMILES string of the molecule is COc1cc(NC(=O)c2ccc(N3CCc4ccccc4C3)cc2)ccc1NS(C)(=O)=O. The third kappa shape index (κ3) is 5.03. The molecule has 1 aliphatic rings. The number of methoxy groups -OCH3 is 1. The maximum atomic E-state index is 12.7. The summed E-state index contributed by atoms with van der Waals surface area (Å²) in [4.78, 5) is 15.0. The summed E-state index contributed by atoms with van der Waals surface area (Å²) in [6.07, 6.45) is 2.07. The summed E-state index contributed by atoms with van der Waals surface area (Å²) < 4.78 is 30.6. The molecule has 3 aromatic rings. The summed E-state index contributed by atoms with van der Waals surface area (Å²) in [5.41, 5.74) is 5.15. The van der Waals surface area contributed by atoms with Crippen LogP contribution in [0.3, 0.4) is 0 Å². The van der Waals surface area contributed by atoms with Crippen molar-refractivity contribution in [3.63, 3.8) is 0 Å². The van der Waals surface area contributed by atoms with Crippen LogP contribution in [0, 0.1) is 0 Å². The number of nitrogens with one attached hydrogen (secondary N) is 2. The lowest BCUT2D eigenvalue weighted by Gasteiger charge is -2.30. The number of hydrogen-bond acceptors (Lipinski definition) is 5. The van der Waals surface area contributed by atoms with E-state index in [0.29, 0.717) is 22.7 Å². The number of carbonyl (C=O) groups excluding carboxylic acids is 1. The Hall–Kier alpha value is -3.52. The van der Waals surface area contributed by atoms with E-state index < -0.39 is 10.0 Å². The van der Waals surface area contributed by atoms with Crippen LogP contribution in [0.1, 0.15) is 21.5 Å². The highest BCUT2D eigenvalue weighted by Gasteiger charge is 2.17. The molecule has 0 aromatic heterocycles. The highest BCUT2D eigenvalue weighted by Crippen LogP contribution is 2.29. The third-order valence-corrected chi connectivity index (χ3v) is 5.97. The van der Waals surface area contributed by atoms with Crippen LogP contribution < -0.4 is 19.7 Å². The average molecular weight is 452 g/mol. The molecule has 4 rings (SSSR count). The van der Waals surface area contributed by atoms with E-state index in [2.05, 4.69) is 39.2 Å². The Morgan fingerprint density at radius 3 is 2.41 bits per heavy atom. The van der Waals surface area contributed by atoms with Gasteiger partial charge in [0.2, 0.25) is 10.0 Å². The first-order valence-corrected chi connectivity index (χ1v) is 12.1. The van der Waals surface area contributed by atoms with E-state index in [1.807, 2.05) is 24.3 Å². The van der Waals surface area contributed by atoms with Gasteiger partial charge < -0.3 is 15.0 Å². The minimum atomic E-state index is -3.44. The van der Waals surface area contributed by atoms with Gasteiger partial charge in [0.05, 0.1) is 19.1 Å². The van der Waals surface area contributed by atoms with Crippen molar-refractivity contribution in [3.05, 3.63) is 83.4 Å². The van der Waals surface area contributed by atoms with E-state index in [1.54, 1.807) is 18.2 Å². The minimum absolute atomic E-state index is 0.258. The van der Waals surface area contributed by atoms with Crippen molar-refractivity contribution in [1.82, 2.24) is 0 Å². The van der Waals surface area contributed by atoms with Crippen molar-refractivity contribution in [3.8, 4) is 5.75 Å². The Morgan fingerprint density at radius 1 is 1.00 bits per heavy atom. The summed E-state index contributed by atoms with van der Waals surface area (Å²) in [7, 11) is -2.00. The summed E-state index contributed by atoms with van der Waals surface area (Å²) >= 11 is 0. The second-order valence-corrected chi connectivity index (χ2v) is 9.48. The number of ether oxygens (including phenoxy) is 1. The lowest BCUT2D eigenvalue weighted by atomic mass is 9.99. The fourth-order valence-electron chi connectivity index (χ4n) is 3.80. The zero-order valence-corrected chi connectivity index (χ0v) is 18.8. The zero-order chi connectivity index (χ0) is 22.7. The Balaban J connectivity index is 1.44. The molecule has 1 amide bonds. The average Bonchev–Trinajstić information content (AvgIpc) is 2.79. The lowest BCUT2D eigenvalue weighted by molar-refractivity contribution is 0.102. The summed E-state index contributed by atoms with van der Waals surface area (Å²) in [6.45, 7) is 1.80. The van der Waals surface area contributed by atoms with Crippen molar-refractivity contribution in [1.29, 1.82) is 0 Å². The van der Waals surface area contributed by atoms with E-state index in [1.165, 1.54) is 18.2 Å². The molecule has 0 aliphatic carbocycles. The van der Waals surface area contributed by atoms with Gasteiger partial charge in [0.15, 0.2) is 0 Å². The van der Waals surface area contributed by atoms with Crippen molar-refractivity contribution < 1.29 is 17.9 Å². The molecule has 1 aliphatic heterocycles. The molecule has 0 saturated carbocycles. The van der Waals surface area contributed by atoms with Crippen LogP contribution in [-0.2, 0) is 23.0 Å². The third-order valence-electron chi connectivity index (χ3n) is 5.38. The number of rotatable bonds is 6. The van der Waals surface area contributed by atoms with Gasteiger partial charge in [-0.3, -0.25) is 9.52 Å². The monoisotopic (exact) mass is 451 g/mol. The van der Waals surface area contributed by atoms with Crippen LogP contribution in [0.4, 0.5) is 17.1 Å². The molecule has 3 aromatic carbocycles. The number of hydrogen-bond donors (Lipinski definition) is 2. The van der Waals surface area contributed by atoms with Gasteiger partial charge in [0.25, 0.3) is 5.91 Å². The fraction of sp³-hybridized carbons (Fsp3) is 0.208. The molecule has 0 radical (unpaired) electrons. The summed E-state index contributed by atoms with van der Waals surface area (Å²) in [6, 6.07) is 20.8. The van der Waals surface area contributed by atoms with Gasteiger partial charge in [-0.2, -0.15) is 0 Å². The maximum absolute atomic E-state index is 12.7. The molecule has 1 heterocycles. The topological polar surface area (TPSA) is 87.7 Å². The first-order valence-electron chi connectivity index (χ1n) is 10.2. The van der Waals surface area contributed by atoms with Crippen LogP contribution in [0.25, 0.3) is 0 Å². The molecule has 7 nitrogen and oxygen atoms in total. The van der Waals surface area contributed by atoms with Crippen molar-refractivity contribution in [2.45, 2.75) is 13.0 Å². The Morgan fingerprint density at radius 2 is 1.72 bits per heavy atom. The van der Waals surface area contributed by atoms with Gasteiger partial charge in [-0.15, -0.1) is 0 Å². The van der Waals surface area contributed by atoms with Gasteiger partial charge in [0, 0.05) is 36.1 Å². The molecule has 32 heavy (non-hydrogen) atoms. The molecule has 8 heteroatoms. The predicted molar refractivity (Wildman–Crippen MR) is 127 cm³/mol. The second-order valence-electron chi connectivity index (χ2n) is 7.73. The van der Waals surface area contributed by atoms with Crippen LogP contribution >= 0.6 is 0 Å². The molecule has 166 valence electrons. The van der Waals surface area contributed by atoms with Crippen LogP contribution in [0.15, 0.2) is 66.7 Å². The van der Waals surface area contributed by atoms with Crippen LogP contribution in [0.5, 0.6) is 5.75 Å². The molecule has 0 spiro atoms. The molecule has 2 N–H and O–H groups in total. The van der Waals surface area contributed by atoms with E-state index in [9.17, 15) is 13.2 Å². The Bertz CT molecular complexity index is 1240. The van der Waals surface area contributed by atoms with E-state index in [0.717, 1.165) is 31.5 Å². The fourth-order valence-corrected chi connectivity index (χ4v) is 4.36. The maximum Gasteiger partial charge on any atom is 0.255 e. The second kappa shape index (κ2) is 8.92. The highest BCUT2D eigenvalue weighted by atomic mass is 32.2. The number of nitrogens with zero attached hydrogens (tertiary/aromatic N) is 1. The number of carbonyl (C=O) groups is 1. The standard InChI is InChI=1S/C24H25N3O4S/c1-31-23-15-20(9-12-22(23)26-32(2,29)30)25-24(28)18-7-10-21(11-8-18)27-14-13-17-5-3-4-6-19(17)16-27/h3-12,15,26H,13-14,16H2,1-2H3,(H,25,28). The molecule has 0 unspecified atom stereocenters. The molecular weight excluding hydrogens is 426 g/mol. The van der Waals surface area contributed by atoms with E-state index >= 15 is 0 Å². The smallest absolute Gasteiger partial charge is 0.255 e. The van der Waals surface area contributed by atoms with Crippen molar-refractivity contribution >= 4 is 33.0 Å². The normalized spacial score (nSPS) is 13.2. The van der Waals surface area contributed by atoms with Crippen molar-refractivity contribution in [2.75, 3.05) is 34.8 Å². The summed E-state index contributed by atoms with van der Waals surface area (Å²) in [5, 5.41) is 2.83. The number of benzene rings is 3. The zero-order valence-electron chi connectivity index (χ0n) is 18.0. The lowest BCUT2D eigenvalue weighted by Crippen LogP contribution is -2.30. The van der Waals surface area contributed by atoms with E-state index in [4.69, 9.17) is 4.74 Å².